The van der Waals surface area contributed by atoms with Gasteiger partial charge in [-0.25, -0.2) is 13.6 Å². The van der Waals surface area contributed by atoms with Crippen LogP contribution < -0.4 is 239 Å². The molecule has 7 N–H and O–H groups in total. The molecule has 0 unspecified atom stereocenters. The van der Waals surface area contributed by atoms with Crippen molar-refractivity contribution in [3.8, 4) is 11.3 Å². The van der Waals surface area contributed by atoms with Crippen molar-refractivity contribution in [1.29, 1.82) is 0 Å². The Hall–Kier alpha value is -7.34. The minimum atomic E-state index is -0.712. The molecule has 1 amide bonds. The zero-order valence-electron chi connectivity index (χ0n) is 84.1. The Balaban J connectivity index is 0.000000210. The number of aliphatic hydroxyl groups excluding tert-OH is 2. The molecule has 36 heteroatoms. The molecule has 3 aliphatic rings. The number of carbonyl (C=O) groups is 2. The number of nitrogens with two attached hydrogens (primary N) is 2. The van der Waals surface area contributed by atoms with Gasteiger partial charge in [-0.15, -0.1) is 20.4 Å². The fourth-order valence-electron chi connectivity index (χ4n) is 15.1. The smallest absolute Gasteiger partial charge is 1.00 e. The van der Waals surface area contributed by atoms with Gasteiger partial charge in [-0.2, -0.15) is 9.97 Å². The normalized spacial score (nSPS) is 14.0. The van der Waals surface area contributed by atoms with Gasteiger partial charge in [0.15, 0.2) is 16.8 Å². The Morgan fingerprint density at radius 2 is 0.750 bits per heavy atom. The maximum absolute atomic E-state index is 13.6. The van der Waals surface area contributed by atoms with Crippen LogP contribution in [0.2, 0.25) is 25.2 Å². The van der Waals surface area contributed by atoms with E-state index < -0.39 is 79.4 Å². The number of ether oxygens (including phenoxy) is 1. The van der Waals surface area contributed by atoms with Crippen molar-refractivity contribution in [2.24, 2.45) is 0 Å². The van der Waals surface area contributed by atoms with Gasteiger partial charge in [0.2, 0.25) is 11.9 Å². The molecular formula is C112H112BCl5Cs2F2N12O9P4Pd. The van der Waals surface area contributed by atoms with Gasteiger partial charge in [-0.1, -0.05) is 422 Å². The van der Waals surface area contributed by atoms with Crippen LogP contribution in [0.3, 0.4) is 0 Å². The largest absolute Gasteiger partial charge is 1.00 e. The van der Waals surface area contributed by atoms with E-state index in [4.69, 9.17) is 93.6 Å². The van der Waals surface area contributed by atoms with Crippen LogP contribution >= 0.6 is 89.7 Å². The zero-order chi connectivity index (χ0) is 103. The molecule has 3 aliphatic heterocycles. The molecule has 21 nitrogen and oxygen atoms in total. The number of aromatic nitrogens is 6. The van der Waals surface area contributed by atoms with E-state index in [2.05, 4.69) is 405 Å². The molecule has 2 atom stereocenters. The number of hydrogen-bond acceptors (Lipinski definition) is 20. The van der Waals surface area contributed by atoms with Gasteiger partial charge in [-0.05, 0) is 168 Å². The summed E-state index contributed by atoms with van der Waals surface area (Å²) in [5.74, 6) is -0.204. The second-order valence-corrected chi connectivity index (χ2v) is 45.4. The van der Waals surface area contributed by atoms with E-state index in [1.165, 1.54) is 86.8 Å². The number of nitrogen functional groups attached to an aromatic ring is 2. The fourth-order valence-corrected chi connectivity index (χ4v) is 25.3. The summed E-state index contributed by atoms with van der Waals surface area (Å²) in [6, 6.07) is 134. The third kappa shape index (κ3) is 37.0. The summed E-state index contributed by atoms with van der Waals surface area (Å²) in [7, 11) is -2.50. The van der Waals surface area contributed by atoms with E-state index in [0.717, 1.165) is 6.07 Å². The van der Waals surface area contributed by atoms with Crippen LogP contribution in [0, 0.1) is 11.6 Å². The summed E-state index contributed by atoms with van der Waals surface area (Å²) in [5, 5.41) is 63.6. The quantitative estimate of drug-likeness (QED) is 0.0126. The van der Waals surface area contributed by atoms with Crippen molar-refractivity contribution < 1.29 is 212 Å². The monoisotopic (exact) mass is 2490 g/mol. The van der Waals surface area contributed by atoms with Crippen molar-refractivity contribution in [2.75, 3.05) is 73.7 Å². The predicted molar refractivity (Wildman–Crippen MR) is 597 cm³/mol. The summed E-state index contributed by atoms with van der Waals surface area (Å²) in [4.78, 5) is 37.0. The number of hydrogen-bond donors (Lipinski definition) is 5. The Bertz CT molecular complexity index is 5830. The average molecular weight is 2490 g/mol. The first kappa shape index (κ1) is 124. The average Bonchev–Trinajstić information content (AvgIpc) is 1.62. The third-order valence-corrected chi connectivity index (χ3v) is 34.4. The van der Waals surface area contributed by atoms with Crippen molar-refractivity contribution >= 4 is 202 Å². The Labute approximate surface area is 1030 Å². The van der Waals surface area contributed by atoms with Crippen molar-refractivity contribution in [2.45, 2.75) is 77.4 Å². The van der Waals surface area contributed by atoms with Crippen LogP contribution in [0.5, 0.6) is 0 Å². The number of halogens is 7. The Morgan fingerprint density at radius 3 is 1.03 bits per heavy atom. The van der Waals surface area contributed by atoms with Crippen molar-refractivity contribution in [1.82, 2.24) is 40.6 Å². The molecule has 758 valence electrons. The van der Waals surface area contributed by atoms with E-state index in [1.54, 1.807) is 25.7 Å². The second-order valence-electron chi connectivity index (χ2n) is 34.6. The summed E-state index contributed by atoms with van der Waals surface area (Å²) in [6.07, 6.45) is -0.453. The van der Waals surface area contributed by atoms with Gasteiger partial charge in [0.25, 0.3) is 6.47 Å². The first-order valence-electron chi connectivity index (χ1n) is 46.3. The molecule has 0 aliphatic carbocycles. The number of aliphatic hydroxyl groups is 2. The van der Waals surface area contributed by atoms with Gasteiger partial charge < -0.3 is 62.4 Å². The van der Waals surface area contributed by atoms with Crippen molar-refractivity contribution in [3.05, 3.63) is 425 Å². The van der Waals surface area contributed by atoms with Crippen LogP contribution in [0.1, 0.15) is 49.9 Å². The van der Waals surface area contributed by atoms with Gasteiger partial charge in [-0.3, -0.25) is 9.69 Å². The first-order chi connectivity index (χ1) is 70.0. The van der Waals surface area contributed by atoms with E-state index in [9.17, 15) is 23.8 Å². The van der Waals surface area contributed by atoms with Crippen molar-refractivity contribution in [3.63, 3.8) is 0 Å². The molecule has 0 saturated carbocycles. The molecule has 19 rings (SSSR count). The Morgan fingerprint density at radius 1 is 0.459 bits per heavy atom. The van der Waals surface area contributed by atoms with Crippen LogP contribution in [-0.2, 0) is 44.2 Å². The van der Waals surface area contributed by atoms with E-state index in [1.807, 2.05) is 32.6 Å². The number of anilines is 4. The number of carbonyl (C=O) groups excluding carboxylic acids is 2. The summed E-state index contributed by atoms with van der Waals surface area (Å²) >= 11 is 29.6. The standard InChI is InChI=1S/4C18H15P.C14H15Cl2FN6O.C13H21ClN6O3.C12H14BCl2FO2.CH2O3.2Cs.Pd.H/c4*1-4-10-16(11-5-1)19(17-12-6-2-7-13-17)18-14-8-3-9-15-18;15-10-4-7(17)3-9(11(10)16)12-13(18)20-14(22-21-12)23-2-1-19-8(5-23)6-24;1-13(2,3)23-12(22)20-5-4-19(6-8(20)7-21)11-16-10(15)9(14)17-18-11;1-11(2)12(3,4)18-13(17-11)8-5-7(16)6-9(14)10(8)15;2-1-4-3;;;;/h4*1-15H;3-4,8,19,24H,1-2,5-6H2,(H2,18,20,22);8,21H,4-7H2,1-3H3,(H2,15,16,18);5-6H,1-4H3;1,3H;;;;/q;;;;;;;;2*+1;;-1/p-1/t;;;;2*8-;;;;;;/m....00....../s1. The van der Waals surface area contributed by atoms with E-state index >= 15 is 0 Å². The van der Waals surface area contributed by atoms with Gasteiger partial charge >= 0.3 is 151 Å². The molecule has 0 radical (unpaired) electrons. The van der Waals surface area contributed by atoms with E-state index in [0.29, 0.717) is 56.6 Å². The molecule has 14 aromatic carbocycles. The van der Waals surface area contributed by atoms with Gasteiger partial charge in [0.05, 0.1) is 50.5 Å². The number of piperazine rings is 2. The van der Waals surface area contributed by atoms with Crippen LogP contribution in [-0.4, -0.2) is 147 Å². The molecular weight excluding hydrogens is 2380 g/mol. The molecule has 0 spiro atoms. The number of nitrogens with one attached hydrogen (secondary N) is 1. The van der Waals surface area contributed by atoms with Gasteiger partial charge in [0.1, 0.15) is 22.9 Å². The third-order valence-electron chi connectivity index (χ3n) is 22.7. The number of rotatable bonds is 19. The van der Waals surface area contributed by atoms with Crippen LogP contribution in [0.15, 0.2) is 388 Å². The first-order valence-corrected chi connectivity index (χ1v) is 53.6. The molecule has 5 heterocycles. The molecule has 148 heavy (non-hydrogen) atoms. The minimum Gasteiger partial charge on any atom is -1.00 e. The van der Waals surface area contributed by atoms with Crippen LogP contribution in [0.4, 0.5) is 37.1 Å². The predicted octanol–water partition coefficient (Wildman–Crippen LogP) is 11.6. The topological polar surface area (TPSA) is 286 Å². The summed E-state index contributed by atoms with van der Waals surface area (Å²) in [5.41, 5.74) is 10.8. The Kier molecular flexibility index (Phi) is 53.3. The molecule has 2 aromatic heterocycles. The summed E-state index contributed by atoms with van der Waals surface area (Å²) < 4.78 is 44.0. The maximum Gasteiger partial charge on any atom is 1.00 e. The number of nitrogens with zero attached hydrogens (tertiary/aromatic N) is 9. The SMILES string of the molecule is CC(C)(C)OC(=O)N1CCN(c2nnc(Cl)c(N)n2)C[C@H]1CO.CC1(C)OB(c2cc(F)cc(Cl)c2Cl)OC1(C)C.Nc1nc(N2CCN[C@H](CO)C2)nnc1-c1cc(F)cc(Cl)c1Cl.O=CO[O-].[Cs+].[Cs+].[H-].[Pd].c1ccc(P(c2ccccc2)c2ccccc2)cc1.c1ccc(P(c2ccccc2)c2ccccc2)cc1.c1ccc(P(c2ccccc2)c2ccccc2)cc1.c1ccc(P(c2ccccc2)c2ccccc2)cc1. The van der Waals surface area contributed by atoms with Gasteiger partial charge in [0, 0.05) is 76.8 Å². The molecule has 3 fully saturated rings. The summed E-state index contributed by atoms with van der Waals surface area (Å²) in [6.45, 7) is 15.7. The molecule has 3 saturated heterocycles. The molecule has 0 bridgehead atoms. The maximum atomic E-state index is 13.6. The minimum absolute atomic E-state index is 0. The van der Waals surface area contributed by atoms with E-state index in [-0.39, 0.29) is 234 Å². The zero-order valence-corrected chi connectivity index (χ0v) is 105. The molecule has 16 aromatic rings. The number of amides is 1. The second kappa shape index (κ2) is 63.5. The number of benzene rings is 14. The fraction of sp³-hybridized carbons (Fsp3) is 0.179. The van der Waals surface area contributed by atoms with Crippen LogP contribution in [0.25, 0.3) is 11.3 Å².